The van der Waals surface area contributed by atoms with Gasteiger partial charge in [0.2, 0.25) is 0 Å². The number of hydrogen-bond acceptors (Lipinski definition) is 4. The molecule has 1 aromatic rings. The number of benzene rings is 1. The van der Waals surface area contributed by atoms with Gasteiger partial charge in [-0.2, -0.15) is 0 Å². The minimum atomic E-state index is -0.0369. The number of carbonyl (C=O) groups is 1. The van der Waals surface area contributed by atoms with Crippen molar-refractivity contribution in [3.05, 3.63) is 29.8 Å². The summed E-state index contributed by atoms with van der Waals surface area (Å²) in [5.74, 6) is 0.00454. The number of ether oxygens (including phenoxy) is 1. The van der Waals surface area contributed by atoms with Crippen LogP contribution in [0.15, 0.2) is 24.3 Å². The summed E-state index contributed by atoms with van der Waals surface area (Å²) in [6.07, 6.45) is 2.02. The first-order valence-electron chi connectivity index (χ1n) is 7.75. The van der Waals surface area contributed by atoms with Crippen LogP contribution >= 0.6 is 0 Å². The molecule has 0 aliphatic carbocycles. The van der Waals surface area contributed by atoms with Gasteiger partial charge in [0.25, 0.3) is 0 Å². The lowest BCUT2D eigenvalue weighted by Gasteiger charge is -2.31. The molecular weight excluding hydrogens is 264 g/mol. The summed E-state index contributed by atoms with van der Waals surface area (Å²) in [5, 5.41) is 0. The summed E-state index contributed by atoms with van der Waals surface area (Å²) in [6.45, 7) is 5.12. The van der Waals surface area contributed by atoms with Gasteiger partial charge < -0.3 is 9.64 Å². The van der Waals surface area contributed by atoms with Crippen molar-refractivity contribution >= 4 is 11.7 Å². The molecule has 21 heavy (non-hydrogen) atoms. The van der Waals surface area contributed by atoms with Crippen LogP contribution in [0.5, 0.6) is 0 Å². The van der Waals surface area contributed by atoms with Crippen LogP contribution in [0.1, 0.15) is 25.3 Å². The molecule has 4 heteroatoms. The Kier molecular flexibility index (Phi) is 5.62. The first-order chi connectivity index (χ1) is 10.1. The van der Waals surface area contributed by atoms with Gasteiger partial charge in [0.1, 0.15) is 0 Å². The fraction of sp³-hybridized carbons (Fsp3) is 0.588. The number of piperidine rings is 1. The van der Waals surface area contributed by atoms with Crippen molar-refractivity contribution in [1.29, 1.82) is 0 Å². The molecule has 0 spiro atoms. The SMILES string of the molecule is CCOC(=O)[C@@H]1CCCN(Cc2ccc(N(C)C)cc2)C1. The topological polar surface area (TPSA) is 32.8 Å². The quantitative estimate of drug-likeness (QED) is 0.780. The average molecular weight is 290 g/mol. The van der Waals surface area contributed by atoms with Crippen LogP contribution in [0.4, 0.5) is 5.69 Å². The molecule has 0 aromatic heterocycles. The molecule has 1 fully saturated rings. The highest BCUT2D eigenvalue weighted by Gasteiger charge is 2.26. The van der Waals surface area contributed by atoms with Gasteiger partial charge in [-0.25, -0.2) is 0 Å². The van der Waals surface area contributed by atoms with Gasteiger partial charge in [0.15, 0.2) is 0 Å². The average Bonchev–Trinajstić information content (AvgIpc) is 2.48. The molecule has 1 aromatic carbocycles. The van der Waals surface area contributed by atoms with Gasteiger partial charge >= 0.3 is 5.97 Å². The number of hydrogen-bond donors (Lipinski definition) is 0. The van der Waals surface area contributed by atoms with Crippen molar-refractivity contribution in [3.63, 3.8) is 0 Å². The van der Waals surface area contributed by atoms with Crippen molar-refractivity contribution in [1.82, 2.24) is 4.90 Å². The predicted octanol–water partition coefficient (Wildman–Crippen LogP) is 2.53. The molecule has 0 radical (unpaired) electrons. The minimum Gasteiger partial charge on any atom is -0.466 e. The third kappa shape index (κ3) is 4.46. The van der Waals surface area contributed by atoms with Gasteiger partial charge in [-0.05, 0) is 44.0 Å². The highest BCUT2D eigenvalue weighted by Crippen LogP contribution is 2.21. The Morgan fingerprint density at radius 3 is 2.67 bits per heavy atom. The monoisotopic (exact) mass is 290 g/mol. The molecule has 116 valence electrons. The lowest BCUT2D eigenvalue weighted by atomic mass is 9.97. The minimum absolute atomic E-state index is 0.0369. The molecule has 0 amide bonds. The van der Waals surface area contributed by atoms with Gasteiger partial charge in [-0.3, -0.25) is 9.69 Å². The Bertz CT molecular complexity index is 456. The third-order valence-corrected chi connectivity index (χ3v) is 3.98. The molecule has 2 rings (SSSR count). The molecule has 1 atom stereocenters. The first-order valence-corrected chi connectivity index (χ1v) is 7.75. The summed E-state index contributed by atoms with van der Waals surface area (Å²) in [5.41, 5.74) is 2.51. The van der Waals surface area contributed by atoms with E-state index in [-0.39, 0.29) is 11.9 Å². The summed E-state index contributed by atoms with van der Waals surface area (Å²) in [7, 11) is 4.09. The van der Waals surface area contributed by atoms with Gasteiger partial charge in [-0.1, -0.05) is 12.1 Å². The highest BCUT2D eigenvalue weighted by molar-refractivity contribution is 5.72. The zero-order chi connectivity index (χ0) is 15.2. The molecule has 1 heterocycles. The number of rotatable bonds is 5. The number of carbonyl (C=O) groups excluding carboxylic acids is 1. The number of nitrogens with zero attached hydrogens (tertiary/aromatic N) is 2. The second kappa shape index (κ2) is 7.46. The van der Waals surface area contributed by atoms with E-state index in [0.717, 1.165) is 32.5 Å². The number of esters is 1. The largest absolute Gasteiger partial charge is 0.466 e. The smallest absolute Gasteiger partial charge is 0.310 e. The van der Waals surface area contributed by atoms with E-state index in [1.807, 2.05) is 21.0 Å². The molecule has 0 N–H and O–H groups in total. The van der Waals surface area contributed by atoms with E-state index < -0.39 is 0 Å². The molecule has 0 unspecified atom stereocenters. The van der Waals surface area contributed by atoms with Crippen molar-refractivity contribution in [3.8, 4) is 0 Å². The Labute approximate surface area is 127 Å². The maximum atomic E-state index is 11.9. The molecule has 0 saturated carbocycles. The molecule has 1 saturated heterocycles. The second-order valence-corrected chi connectivity index (χ2v) is 5.89. The van der Waals surface area contributed by atoms with Crippen molar-refractivity contribution in [2.45, 2.75) is 26.3 Å². The molecular formula is C17H26N2O2. The van der Waals surface area contributed by atoms with Crippen LogP contribution in [0.25, 0.3) is 0 Å². The van der Waals surface area contributed by atoms with Crippen molar-refractivity contribution in [2.75, 3.05) is 38.7 Å². The summed E-state index contributed by atoms with van der Waals surface area (Å²) in [4.78, 5) is 16.3. The predicted molar refractivity (Wildman–Crippen MR) is 85.4 cm³/mol. The van der Waals surface area contributed by atoms with Crippen LogP contribution in [0.3, 0.4) is 0 Å². The van der Waals surface area contributed by atoms with E-state index in [1.54, 1.807) is 0 Å². The van der Waals surface area contributed by atoms with Gasteiger partial charge in [0, 0.05) is 32.9 Å². The van der Waals surface area contributed by atoms with Crippen molar-refractivity contribution < 1.29 is 9.53 Å². The first kappa shape index (κ1) is 15.8. The van der Waals surface area contributed by atoms with E-state index in [4.69, 9.17) is 4.74 Å². The van der Waals surface area contributed by atoms with Crippen LogP contribution in [-0.2, 0) is 16.1 Å². The van der Waals surface area contributed by atoms with Crippen LogP contribution in [0, 0.1) is 5.92 Å². The third-order valence-electron chi connectivity index (χ3n) is 3.98. The summed E-state index contributed by atoms with van der Waals surface area (Å²) in [6, 6.07) is 8.62. The van der Waals surface area contributed by atoms with Crippen LogP contribution in [0.2, 0.25) is 0 Å². The summed E-state index contributed by atoms with van der Waals surface area (Å²) >= 11 is 0. The lowest BCUT2D eigenvalue weighted by Crippen LogP contribution is -2.38. The van der Waals surface area contributed by atoms with E-state index >= 15 is 0 Å². The summed E-state index contributed by atoms with van der Waals surface area (Å²) < 4.78 is 5.15. The fourth-order valence-corrected chi connectivity index (χ4v) is 2.81. The van der Waals surface area contributed by atoms with E-state index in [0.29, 0.717) is 6.61 Å². The Hall–Kier alpha value is -1.55. The fourth-order valence-electron chi connectivity index (χ4n) is 2.81. The zero-order valence-corrected chi connectivity index (χ0v) is 13.3. The zero-order valence-electron chi connectivity index (χ0n) is 13.3. The highest BCUT2D eigenvalue weighted by atomic mass is 16.5. The van der Waals surface area contributed by atoms with Gasteiger partial charge in [-0.15, -0.1) is 0 Å². The molecule has 4 nitrogen and oxygen atoms in total. The van der Waals surface area contributed by atoms with Gasteiger partial charge in [0.05, 0.1) is 12.5 Å². The standard InChI is InChI=1S/C17H26N2O2/c1-4-21-17(20)15-6-5-11-19(13-15)12-14-7-9-16(10-8-14)18(2)3/h7-10,15H,4-6,11-13H2,1-3H3/t15-/m1/s1. The maximum absolute atomic E-state index is 11.9. The maximum Gasteiger partial charge on any atom is 0.310 e. The Morgan fingerprint density at radius 1 is 1.33 bits per heavy atom. The molecule has 1 aliphatic rings. The second-order valence-electron chi connectivity index (χ2n) is 5.89. The number of anilines is 1. The normalized spacial score (nSPS) is 19.3. The Balaban J connectivity index is 1.91. The number of likely N-dealkylation sites (tertiary alicyclic amines) is 1. The van der Waals surface area contributed by atoms with Crippen LogP contribution < -0.4 is 4.90 Å². The van der Waals surface area contributed by atoms with E-state index in [1.165, 1.54) is 11.3 Å². The molecule has 1 aliphatic heterocycles. The van der Waals surface area contributed by atoms with Crippen LogP contribution in [-0.4, -0.2) is 44.7 Å². The van der Waals surface area contributed by atoms with E-state index in [9.17, 15) is 4.79 Å². The Morgan fingerprint density at radius 2 is 2.05 bits per heavy atom. The molecule has 0 bridgehead atoms. The van der Waals surface area contributed by atoms with Crippen molar-refractivity contribution in [2.24, 2.45) is 5.92 Å². The lowest BCUT2D eigenvalue weighted by molar-refractivity contribution is -0.150. The van der Waals surface area contributed by atoms with E-state index in [2.05, 4.69) is 34.1 Å².